The molecule has 0 amide bonds. The van der Waals surface area contributed by atoms with Crippen LogP contribution in [0.5, 0.6) is 0 Å². The first-order valence-electron chi connectivity index (χ1n) is 3.41. The third kappa shape index (κ3) is 22.5. The van der Waals surface area contributed by atoms with Crippen LogP contribution in [0.1, 0.15) is 56.5 Å². The number of aryl methyl sites for hydroxylation is 1. The Morgan fingerprint density at radius 3 is 1.07 bits per heavy atom. The molecule has 0 unspecified atom stereocenters. The van der Waals surface area contributed by atoms with Crippen molar-refractivity contribution in [2.24, 2.45) is 0 Å². The average Bonchev–Trinajstić information content (AvgIpc) is 1.94. The van der Waals surface area contributed by atoms with Gasteiger partial charge < -0.3 is 0 Å². The zero-order valence-electron chi connectivity index (χ0n) is 6.39. The molecule has 0 bridgehead atoms. The molecule has 0 saturated heterocycles. The van der Waals surface area contributed by atoms with E-state index in [0.29, 0.717) is 0 Å². The molecular weight excluding hydrogens is 168 g/mol. The number of hydrogen-bond donors (Lipinski definition) is 0. The van der Waals surface area contributed by atoms with E-state index in [1.165, 1.54) is 5.56 Å². The van der Waals surface area contributed by atoms with Crippen molar-refractivity contribution in [3.05, 3.63) is 35.9 Å². The van der Waals surface area contributed by atoms with Crippen LogP contribution in [0.3, 0.4) is 0 Å². The quantitative estimate of drug-likeness (QED) is 0.470. The maximum absolute atomic E-state index is 2.08. The Morgan fingerprint density at radius 1 is 0.643 bits per heavy atom. The Hall–Kier alpha value is -0.780. The molecule has 0 radical (unpaired) electrons. The molecule has 0 heteroatoms. The molecule has 90 valence electrons. The summed E-state index contributed by atoms with van der Waals surface area (Å²) < 4.78 is 0. The van der Waals surface area contributed by atoms with E-state index in [1.807, 2.05) is 32.0 Å². The second-order valence-electron chi connectivity index (χ2n) is 1.65. The monoisotopic (exact) mass is 202 g/mol. The molecule has 0 aliphatic heterocycles. The summed E-state index contributed by atoms with van der Waals surface area (Å²) in [6, 6.07) is 10.3. The fraction of sp³-hybridized carbons (Fsp3) is 0.571. The number of rotatable bonds is 0. The van der Waals surface area contributed by atoms with E-state index in [-0.39, 0.29) is 37.1 Å². The van der Waals surface area contributed by atoms with Gasteiger partial charge in [0.2, 0.25) is 0 Å². The summed E-state index contributed by atoms with van der Waals surface area (Å²) in [7, 11) is 0. The molecule has 1 aromatic carbocycles. The van der Waals surface area contributed by atoms with Gasteiger partial charge in [-0.05, 0) is 6.92 Å². The Bertz CT molecular complexity index is 130. The maximum atomic E-state index is 2.08. The van der Waals surface area contributed by atoms with Crippen LogP contribution < -0.4 is 0 Å². The van der Waals surface area contributed by atoms with E-state index in [0.717, 1.165) is 0 Å². The maximum Gasteiger partial charge on any atom is -0.0398 e. The lowest BCUT2D eigenvalue weighted by atomic mass is 10.2. The lowest BCUT2D eigenvalue weighted by Crippen LogP contribution is -1.62. The van der Waals surface area contributed by atoms with E-state index in [1.54, 1.807) is 0 Å². The first-order valence-corrected chi connectivity index (χ1v) is 3.41. The summed E-state index contributed by atoms with van der Waals surface area (Å²) in [6.45, 7) is 6.08. The minimum atomic E-state index is 0. The van der Waals surface area contributed by atoms with Crippen molar-refractivity contribution in [2.75, 3.05) is 0 Å². The van der Waals surface area contributed by atoms with Crippen LogP contribution in [0.25, 0.3) is 0 Å². The number of hydrogen-bond acceptors (Lipinski definition) is 0. The molecule has 0 aliphatic rings. The van der Waals surface area contributed by atoms with Gasteiger partial charge >= 0.3 is 0 Å². The number of benzene rings is 1. The average molecular weight is 202 g/mol. The van der Waals surface area contributed by atoms with E-state index in [9.17, 15) is 0 Å². The lowest BCUT2D eigenvalue weighted by Gasteiger charge is -1.82. The van der Waals surface area contributed by atoms with Gasteiger partial charge in [-0.3, -0.25) is 0 Å². The van der Waals surface area contributed by atoms with Gasteiger partial charge in [-0.2, -0.15) is 0 Å². The topological polar surface area (TPSA) is 0 Å². The largest absolute Gasteiger partial charge is 0.0776 e. The van der Waals surface area contributed by atoms with Gasteiger partial charge in [0.1, 0.15) is 0 Å². The minimum Gasteiger partial charge on any atom is -0.0776 e. The molecule has 0 aromatic heterocycles. The molecule has 0 aliphatic carbocycles. The first-order chi connectivity index (χ1) is 4.39. The van der Waals surface area contributed by atoms with Crippen LogP contribution in [0.15, 0.2) is 30.3 Å². The van der Waals surface area contributed by atoms with Crippen molar-refractivity contribution in [3.63, 3.8) is 0 Å². The van der Waals surface area contributed by atoms with Gasteiger partial charge in [-0.15, -0.1) is 0 Å². The van der Waals surface area contributed by atoms with Crippen LogP contribution in [0, 0.1) is 6.92 Å². The minimum absolute atomic E-state index is 0. The highest BCUT2D eigenvalue weighted by Crippen LogP contribution is 1.92. The predicted molar refractivity (Wildman–Crippen MR) is 76.2 cm³/mol. The van der Waals surface area contributed by atoms with Gasteiger partial charge in [0, 0.05) is 0 Å². The summed E-state index contributed by atoms with van der Waals surface area (Å²) in [6.07, 6.45) is 0. The van der Waals surface area contributed by atoms with Gasteiger partial charge in [-0.25, -0.2) is 0 Å². The van der Waals surface area contributed by atoms with E-state index >= 15 is 0 Å². The van der Waals surface area contributed by atoms with Crippen molar-refractivity contribution in [1.82, 2.24) is 0 Å². The molecule has 0 saturated carbocycles. The first kappa shape index (κ1) is 37.9. The summed E-state index contributed by atoms with van der Waals surface area (Å²) in [5.74, 6) is 0. The Morgan fingerprint density at radius 2 is 0.929 bits per heavy atom. The van der Waals surface area contributed by atoms with Crippen LogP contribution >= 0.6 is 0 Å². The van der Waals surface area contributed by atoms with Gasteiger partial charge in [-0.1, -0.05) is 86.9 Å². The molecule has 0 fully saturated rings. The highest BCUT2D eigenvalue weighted by molar-refractivity contribution is 5.11. The van der Waals surface area contributed by atoms with E-state index < -0.39 is 0 Å². The van der Waals surface area contributed by atoms with Crippen LogP contribution in [0.2, 0.25) is 0 Å². The molecule has 0 N–H and O–H groups in total. The molecule has 14 heavy (non-hydrogen) atoms. The van der Waals surface area contributed by atoms with Gasteiger partial charge in [0.15, 0.2) is 0 Å². The summed E-state index contributed by atoms with van der Waals surface area (Å²) in [5, 5.41) is 0. The van der Waals surface area contributed by atoms with Crippen LogP contribution in [0.4, 0.5) is 0 Å². The Labute approximate surface area is 94.4 Å². The van der Waals surface area contributed by atoms with Crippen molar-refractivity contribution < 1.29 is 0 Å². The van der Waals surface area contributed by atoms with E-state index in [4.69, 9.17) is 0 Å². The smallest absolute Gasteiger partial charge is 0.0398 e. The van der Waals surface area contributed by atoms with Gasteiger partial charge in [0.05, 0.1) is 0 Å². The molecule has 0 heterocycles. The van der Waals surface area contributed by atoms with Crippen molar-refractivity contribution in [1.29, 1.82) is 0 Å². The van der Waals surface area contributed by atoms with E-state index in [2.05, 4.69) is 19.1 Å². The van der Waals surface area contributed by atoms with Crippen LogP contribution in [-0.4, -0.2) is 0 Å². The summed E-state index contributed by atoms with van der Waals surface area (Å²) >= 11 is 0. The molecule has 1 aromatic rings. The summed E-state index contributed by atoms with van der Waals surface area (Å²) in [4.78, 5) is 0. The third-order valence-electron chi connectivity index (χ3n) is 0.940. The molecular formula is C14H34. The molecule has 0 spiro atoms. The van der Waals surface area contributed by atoms with Gasteiger partial charge in [0.25, 0.3) is 0 Å². The zero-order chi connectivity index (χ0) is 7.11. The van der Waals surface area contributed by atoms with Crippen molar-refractivity contribution in [3.8, 4) is 0 Å². The third-order valence-corrected chi connectivity index (χ3v) is 0.940. The molecule has 1 rings (SSSR count). The predicted octanol–water partition coefficient (Wildman–Crippen LogP) is 6.20. The zero-order valence-corrected chi connectivity index (χ0v) is 6.39. The molecule has 0 nitrogen and oxygen atoms in total. The fourth-order valence-electron chi connectivity index (χ4n) is 0.534. The normalized spacial score (nSPS) is 4.79. The van der Waals surface area contributed by atoms with Crippen LogP contribution in [-0.2, 0) is 0 Å². The summed E-state index contributed by atoms with van der Waals surface area (Å²) in [5.41, 5.74) is 1.32. The van der Waals surface area contributed by atoms with Crippen molar-refractivity contribution >= 4 is 0 Å². The lowest BCUT2D eigenvalue weighted by molar-refractivity contribution is 1.48. The molecule has 0 atom stereocenters. The second kappa shape index (κ2) is 29.5. The second-order valence-corrected chi connectivity index (χ2v) is 1.65. The highest BCUT2D eigenvalue weighted by Gasteiger charge is 1.72. The SMILES string of the molecule is C.C.C.C.C.CC.Cc1ccccc1. The van der Waals surface area contributed by atoms with Crippen molar-refractivity contribution in [2.45, 2.75) is 57.9 Å². The fourth-order valence-corrected chi connectivity index (χ4v) is 0.534. The Kier molecular flexibility index (Phi) is 79.8. The standard InChI is InChI=1S/C7H8.C2H6.5CH4/c1-7-5-3-2-4-6-7;1-2;;;;;/h2-6H,1H3;1-2H3;5*1H4. The Balaban J connectivity index is -0.0000000217. The highest BCUT2D eigenvalue weighted by atomic mass is 13.8.